The maximum Gasteiger partial charge on any atom is 0.119 e. The van der Waals surface area contributed by atoms with E-state index in [1.165, 1.54) is 5.56 Å². The Balaban J connectivity index is 2.51. The first-order valence-corrected chi connectivity index (χ1v) is 5.55. The van der Waals surface area contributed by atoms with Crippen molar-refractivity contribution >= 4 is 5.71 Å². The average Bonchev–Trinajstić information content (AvgIpc) is 2.27. The van der Waals surface area contributed by atoms with Crippen molar-refractivity contribution < 1.29 is 9.94 Å². The molecule has 0 bridgehead atoms. The van der Waals surface area contributed by atoms with Crippen LogP contribution in [-0.4, -0.2) is 17.0 Å². The minimum absolute atomic E-state index is 0.203. The van der Waals surface area contributed by atoms with E-state index in [1.807, 2.05) is 45.0 Å². The Labute approximate surface area is 96.7 Å². The van der Waals surface area contributed by atoms with Gasteiger partial charge in [-0.3, -0.25) is 0 Å². The molecule has 0 aliphatic rings. The lowest BCUT2D eigenvalue weighted by molar-refractivity contribution is 0.242. The predicted molar refractivity (Wildman–Crippen MR) is 65.4 cm³/mol. The molecule has 88 valence electrons. The van der Waals surface area contributed by atoms with Crippen LogP contribution in [0.1, 0.15) is 32.8 Å². The summed E-state index contributed by atoms with van der Waals surface area (Å²) in [4.78, 5) is 0. The summed E-state index contributed by atoms with van der Waals surface area (Å²) in [5, 5.41) is 11.7. The molecule has 1 rings (SSSR count). The molecule has 0 aromatic heterocycles. The molecule has 0 atom stereocenters. The van der Waals surface area contributed by atoms with Crippen molar-refractivity contribution in [2.75, 3.05) is 0 Å². The average molecular weight is 221 g/mol. The van der Waals surface area contributed by atoms with E-state index in [-0.39, 0.29) is 6.10 Å². The van der Waals surface area contributed by atoms with Gasteiger partial charge < -0.3 is 9.94 Å². The normalized spacial score (nSPS) is 11.9. The number of rotatable bonds is 5. The molecular weight excluding hydrogens is 202 g/mol. The molecule has 1 aromatic carbocycles. The van der Waals surface area contributed by atoms with Gasteiger partial charge in [0, 0.05) is 0 Å². The standard InChI is InChI=1S/C13H19NO2/c1-10(2)16-13-8-6-12(7-9-13)5-4-11(3)14-15/h6-10,15H,4-5H2,1-3H3/b14-11+. The molecule has 0 unspecified atom stereocenters. The van der Waals surface area contributed by atoms with Crippen molar-refractivity contribution in [1.29, 1.82) is 0 Å². The number of benzene rings is 1. The van der Waals surface area contributed by atoms with E-state index in [0.29, 0.717) is 0 Å². The molecule has 3 heteroatoms. The minimum Gasteiger partial charge on any atom is -0.491 e. The highest BCUT2D eigenvalue weighted by Crippen LogP contribution is 2.14. The van der Waals surface area contributed by atoms with Crippen LogP contribution in [0.2, 0.25) is 0 Å². The van der Waals surface area contributed by atoms with E-state index < -0.39 is 0 Å². The summed E-state index contributed by atoms with van der Waals surface area (Å²) in [6.45, 7) is 5.83. The van der Waals surface area contributed by atoms with Crippen molar-refractivity contribution in [3.05, 3.63) is 29.8 Å². The summed E-state index contributed by atoms with van der Waals surface area (Å²) < 4.78 is 5.55. The Morgan fingerprint density at radius 3 is 2.44 bits per heavy atom. The lowest BCUT2D eigenvalue weighted by atomic mass is 10.1. The van der Waals surface area contributed by atoms with E-state index in [9.17, 15) is 0 Å². The van der Waals surface area contributed by atoms with Gasteiger partial charge in [-0.15, -0.1) is 0 Å². The van der Waals surface area contributed by atoms with Crippen molar-refractivity contribution in [2.45, 2.75) is 39.7 Å². The van der Waals surface area contributed by atoms with E-state index >= 15 is 0 Å². The fraction of sp³-hybridized carbons (Fsp3) is 0.462. The molecule has 0 heterocycles. The third kappa shape index (κ3) is 4.34. The van der Waals surface area contributed by atoms with E-state index in [1.54, 1.807) is 0 Å². The zero-order valence-corrected chi connectivity index (χ0v) is 10.1. The molecule has 1 aromatic rings. The second-order valence-electron chi connectivity index (χ2n) is 4.15. The Hall–Kier alpha value is -1.51. The summed E-state index contributed by atoms with van der Waals surface area (Å²) in [5.74, 6) is 0.895. The topological polar surface area (TPSA) is 41.8 Å². The summed E-state index contributed by atoms with van der Waals surface area (Å²) >= 11 is 0. The number of hydrogen-bond donors (Lipinski definition) is 1. The van der Waals surface area contributed by atoms with Crippen molar-refractivity contribution in [3.63, 3.8) is 0 Å². The van der Waals surface area contributed by atoms with Crippen LogP contribution in [0.3, 0.4) is 0 Å². The SMILES string of the molecule is C/C(CCc1ccc(OC(C)C)cc1)=N\O. The van der Waals surface area contributed by atoms with Crippen LogP contribution in [0.15, 0.2) is 29.4 Å². The van der Waals surface area contributed by atoms with Gasteiger partial charge in [0.05, 0.1) is 11.8 Å². The highest BCUT2D eigenvalue weighted by atomic mass is 16.5. The monoisotopic (exact) mass is 221 g/mol. The molecule has 16 heavy (non-hydrogen) atoms. The van der Waals surface area contributed by atoms with E-state index in [2.05, 4.69) is 5.16 Å². The Morgan fingerprint density at radius 2 is 1.94 bits per heavy atom. The molecule has 0 amide bonds. The second-order valence-corrected chi connectivity index (χ2v) is 4.15. The van der Waals surface area contributed by atoms with Crippen LogP contribution in [0, 0.1) is 0 Å². The zero-order chi connectivity index (χ0) is 12.0. The summed E-state index contributed by atoms with van der Waals surface area (Å²) in [7, 11) is 0. The molecule has 0 spiro atoms. The highest BCUT2D eigenvalue weighted by molar-refractivity contribution is 5.81. The van der Waals surface area contributed by atoms with Crippen LogP contribution >= 0.6 is 0 Å². The lowest BCUT2D eigenvalue weighted by Crippen LogP contribution is -2.05. The molecule has 3 nitrogen and oxygen atoms in total. The first-order chi connectivity index (χ1) is 7.61. The van der Waals surface area contributed by atoms with E-state index in [4.69, 9.17) is 9.94 Å². The molecule has 1 N–H and O–H groups in total. The molecule has 0 aliphatic carbocycles. The van der Waals surface area contributed by atoms with Gasteiger partial charge in [0.1, 0.15) is 5.75 Å². The number of ether oxygens (including phenoxy) is 1. The van der Waals surface area contributed by atoms with Gasteiger partial charge >= 0.3 is 0 Å². The van der Waals surface area contributed by atoms with E-state index in [0.717, 1.165) is 24.3 Å². The lowest BCUT2D eigenvalue weighted by Gasteiger charge is -2.09. The first-order valence-electron chi connectivity index (χ1n) is 5.55. The van der Waals surface area contributed by atoms with Crippen LogP contribution in [0.4, 0.5) is 0 Å². The van der Waals surface area contributed by atoms with Crippen molar-refractivity contribution in [1.82, 2.24) is 0 Å². The molecular formula is C13H19NO2. The van der Waals surface area contributed by atoms with Gasteiger partial charge in [-0.2, -0.15) is 0 Å². The van der Waals surface area contributed by atoms with Crippen molar-refractivity contribution in [2.24, 2.45) is 5.16 Å². The highest BCUT2D eigenvalue weighted by Gasteiger charge is 1.99. The molecule has 0 saturated carbocycles. The number of hydrogen-bond acceptors (Lipinski definition) is 3. The van der Waals surface area contributed by atoms with Crippen LogP contribution in [0.25, 0.3) is 0 Å². The first kappa shape index (κ1) is 12.6. The fourth-order valence-electron chi connectivity index (χ4n) is 1.38. The van der Waals surface area contributed by atoms with Gasteiger partial charge in [-0.25, -0.2) is 0 Å². The van der Waals surface area contributed by atoms with Gasteiger partial charge in [0.2, 0.25) is 0 Å². The summed E-state index contributed by atoms with van der Waals surface area (Å²) in [6, 6.07) is 8.03. The smallest absolute Gasteiger partial charge is 0.119 e. The maximum absolute atomic E-state index is 8.52. The molecule has 0 aliphatic heterocycles. The fourth-order valence-corrected chi connectivity index (χ4v) is 1.38. The van der Waals surface area contributed by atoms with Gasteiger partial charge in [0.25, 0.3) is 0 Å². The Morgan fingerprint density at radius 1 is 1.31 bits per heavy atom. The quantitative estimate of drug-likeness (QED) is 0.471. The number of oxime groups is 1. The zero-order valence-electron chi connectivity index (χ0n) is 10.1. The van der Waals surface area contributed by atoms with Gasteiger partial charge in [-0.05, 0) is 51.3 Å². The number of nitrogens with zero attached hydrogens (tertiary/aromatic N) is 1. The van der Waals surface area contributed by atoms with Crippen LogP contribution < -0.4 is 4.74 Å². The Kier molecular flexibility index (Phi) is 4.83. The number of aryl methyl sites for hydroxylation is 1. The minimum atomic E-state index is 0.203. The Bertz CT molecular complexity index is 341. The van der Waals surface area contributed by atoms with Gasteiger partial charge in [0.15, 0.2) is 0 Å². The maximum atomic E-state index is 8.52. The third-order valence-electron chi connectivity index (χ3n) is 2.24. The molecule has 0 radical (unpaired) electrons. The van der Waals surface area contributed by atoms with Gasteiger partial charge in [-0.1, -0.05) is 17.3 Å². The van der Waals surface area contributed by atoms with Crippen LogP contribution in [0.5, 0.6) is 5.75 Å². The molecule has 0 fully saturated rings. The van der Waals surface area contributed by atoms with Crippen molar-refractivity contribution in [3.8, 4) is 5.75 Å². The molecule has 0 saturated heterocycles. The summed E-state index contributed by atoms with van der Waals surface area (Å²) in [5.41, 5.74) is 1.97. The summed E-state index contributed by atoms with van der Waals surface area (Å²) in [6.07, 6.45) is 1.87. The predicted octanol–water partition coefficient (Wildman–Crippen LogP) is 3.26. The second kappa shape index (κ2) is 6.16. The van der Waals surface area contributed by atoms with Crippen LogP contribution in [-0.2, 0) is 6.42 Å². The third-order valence-corrected chi connectivity index (χ3v) is 2.24. The largest absolute Gasteiger partial charge is 0.491 e.